The zero-order chi connectivity index (χ0) is 8.77. The number of hydrogen-bond donors (Lipinski definition) is 2. The zero-order valence-electron chi connectivity index (χ0n) is 7.53. The molecule has 0 spiro atoms. The van der Waals surface area contributed by atoms with Crippen LogP contribution in [-0.2, 0) is 4.79 Å². The highest BCUT2D eigenvalue weighted by atomic mass is 35.5. The second kappa shape index (κ2) is 3.46. The number of carboxylic acids is 1. The Bertz CT molecular complexity index is 222. The largest absolute Gasteiger partial charge is 0.480 e. The molecule has 0 radical (unpaired) electrons. The molecule has 0 aliphatic heterocycles. The summed E-state index contributed by atoms with van der Waals surface area (Å²) in [6.07, 6.45) is 5.08. The van der Waals surface area contributed by atoms with E-state index in [2.05, 4.69) is 0 Å². The lowest BCUT2D eigenvalue weighted by Crippen LogP contribution is -2.51. The van der Waals surface area contributed by atoms with Gasteiger partial charge in [0.25, 0.3) is 0 Å². The molecule has 2 saturated carbocycles. The van der Waals surface area contributed by atoms with E-state index in [9.17, 15) is 4.79 Å². The minimum absolute atomic E-state index is 0. The molecule has 2 aliphatic carbocycles. The van der Waals surface area contributed by atoms with Crippen molar-refractivity contribution in [3.63, 3.8) is 0 Å². The van der Waals surface area contributed by atoms with Gasteiger partial charge in [-0.2, -0.15) is 0 Å². The highest BCUT2D eigenvalue weighted by molar-refractivity contribution is 5.85. The van der Waals surface area contributed by atoms with E-state index in [1.807, 2.05) is 0 Å². The summed E-state index contributed by atoms with van der Waals surface area (Å²) in [6, 6.07) is 0. The number of rotatable bonds is 1. The molecule has 3 nitrogen and oxygen atoms in total. The molecule has 4 heteroatoms. The summed E-state index contributed by atoms with van der Waals surface area (Å²) >= 11 is 0. The van der Waals surface area contributed by atoms with Crippen LogP contribution in [-0.4, -0.2) is 16.6 Å². The molecule has 0 saturated heterocycles. The number of nitrogens with two attached hydrogens (primary N) is 1. The molecule has 2 aliphatic rings. The van der Waals surface area contributed by atoms with Crippen LogP contribution in [0.5, 0.6) is 0 Å². The maximum atomic E-state index is 10.9. The molecule has 0 aromatic heterocycles. The lowest BCUT2D eigenvalue weighted by Gasteiger charge is -2.25. The highest BCUT2D eigenvalue weighted by Crippen LogP contribution is 2.48. The van der Waals surface area contributed by atoms with Crippen molar-refractivity contribution in [1.82, 2.24) is 0 Å². The Labute approximate surface area is 84.1 Å². The Morgan fingerprint density at radius 1 is 1.38 bits per heavy atom. The molecule has 2 fully saturated rings. The molecular weight excluding hydrogens is 190 g/mol. The third-order valence-corrected chi connectivity index (χ3v) is 3.65. The van der Waals surface area contributed by atoms with Gasteiger partial charge in [-0.25, -0.2) is 0 Å². The Kier molecular flexibility index (Phi) is 2.88. The van der Waals surface area contributed by atoms with Crippen LogP contribution in [0.15, 0.2) is 0 Å². The van der Waals surface area contributed by atoms with Gasteiger partial charge in [0, 0.05) is 0 Å². The number of carbonyl (C=O) groups is 1. The van der Waals surface area contributed by atoms with Crippen molar-refractivity contribution in [2.24, 2.45) is 17.6 Å². The second-order valence-electron chi connectivity index (χ2n) is 4.18. The molecule has 76 valence electrons. The van der Waals surface area contributed by atoms with Crippen molar-refractivity contribution in [1.29, 1.82) is 0 Å². The van der Waals surface area contributed by atoms with Crippen molar-refractivity contribution >= 4 is 18.4 Å². The molecule has 1 unspecified atom stereocenters. The number of aliphatic carboxylic acids is 1. The van der Waals surface area contributed by atoms with Crippen LogP contribution < -0.4 is 5.73 Å². The first-order valence-electron chi connectivity index (χ1n) is 4.67. The van der Waals surface area contributed by atoms with E-state index >= 15 is 0 Å². The lowest BCUT2D eigenvalue weighted by atomic mass is 9.85. The first-order chi connectivity index (χ1) is 5.64. The van der Waals surface area contributed by atoms with E-state index in [4.69, 9.17) is 10.8 Å². The van der Waals surface area contributed by atoms with E-state index in [0.29, 0.717) is 12.3 Å². The molecular formula is C9H16ClNO2. The van der Waals surface area contributed by atoms with Gasteiger partial charge in [-0.3, -0.25) is 4.79 Å². The lowest BCUT2D eigenvalue weighted by molar-refractivity contribution is -0.144. The topological polar surface area (TPSA) is 63.3 Å². The van der Waals surface area contributed by atoms with Crippen molar-refractivity contribution in [3.05, 3.63) is 0 Å². The summed E-state index contributed by atoms with van der Waals surface area (Å²) in [4.78, 5) is 10.9. The molecule has 13 heavy (non-hydrogen) atoms. The van der Waals surface area contributed by atoms with Crippen LogP contribution in [0.25, 0.3) is 0 Å². The molecule has 0 amide bonds. The van der Waals surface area contributed by atoms with Crippen LogP contribution in [0.3, 0.4) is 0 Å². The number of fused-ring (bicyclic) bond motifs is 1. The SMILES string of the molecule is Cl.NC1(C(=O)O)CC[C@H]2CCC[C@H]21. The molecule has 0 aromatic rings. The van der Waals surface area contributed by atoms with Gasteiger partial charge < -0.3 is 10.8 Å². The highest BCUT2D eigenvalue weighted by Gasteiger charge is 2.52. The van der Waals surface area contributed by atoms with Crippen molar-refractivity contribution in [3.8, 4) is 0 Å². The zero-order valence-corrected chi connectivity index (χ0v) is 8.35. The maximum absolute atomic E-state index is 10.9. The molecule has 0 heterocycles. The standard InChI is InChI=1S/C9H15NO2.ClH/c10-9(8(11)12)5-4-6-2-1-3-7(6)9;/h6-7H,1-5,10H2,(H,11,12);1H/t6-,7-,9?;/m1./s1. The Balaban J connectivity index is 0.000000845. The fourth-order valence-corrected chi connectivity index (χ4v) is 2.94. The van der Waals surface area contributed by atoms with E-state index in [1.54, 1.807) is 0 Å². The third kappa shape index (κ3) is 1.44. The van der Waals surface area contributed by atoms with Crippen LogP contribution >= 0.6 is 12.4 Å². The molecule has 0 bridgehead atoms. The van der Waals surface area contributed by atoms with Gasteiger partial charge in [-0.05, 0) is 31.1 Å². The van der Waals surface area contributed by atoms with E-state index in [1.165, 1.54) is 12.8 Å². The van der Waals surface area contributed by atoms with Gasteiger partial charge >= 0.3 is 5.97 Å². The van der Waals surface area contributed by atoms with Crippen LogP contribution in [0.4, 0.5) is 0 Å². The summed E-state index contributed by atoms with van der Waals surface area (Å²) in [5.74, 6) is 0.0676. The van der Waals surface area contributed by atoms with Gasteiger partial charge in [-0.1, -0.05) is 12.8 Å². The molecule has 0 aromatic carbocycles. The minimum Gasteiger partial charge on any atom is -0.480 e. The van der Waals surface area contributed by atoms with Gasteiger partial charge in [0.05, 0.1) is 0 Å². The Hall–Kier alpha value is -0.280. The van der Waals surface area contributed by atoms with Gasteiger partial charge in [0.1, 0.15) is 5.54 Å². The van der Waals surface area contributed by atoms with Crippen LogP contribution in [0, 0.1) is 11.8 Å². The quantitative estimate of drug-likeness (QED) is 0.680. The molecule has 2 rings (SSSR count). The van der Waals surface area contributed by atoms with Crippen LogP contribution in [0.1, 0.15) is 32.1 Å². The smallest absolute Gasteiger partial charge is 0.323 e. The monoisotopic (exact) mass is 205 g/mol. The Morgan fingerprint density at radius 2 is 2.08 bits per heavy atom. The molecule has 3 atom stereocenters. The summed E-state index contributed by atoms with van der Waals surface area (Å²) in [7, 11) is 0. The summed E-state index contributed by atoms with van der Waals surface area (Å²) in [5, 5.41) is 8.99. The Morgan fingerprint density at radius 3 is 2.69 bits per heavy atom. The fraction of sp³-hybridized carbons (Fsp3) is 0.889. The predicted molar refractivity (Wildman–Crippen MR) is 51.9 cm³/mol. The van der Waals surface area contributed by atoms with Gasteiger partial charge in [0.2, 0.25) is 0 Å². The second-order valence-corrected chi connectivity index (χ2v) is 4.18. The van der Waals surface area contributed by atoms with Gasteiger partial charge in [-0.15, -0.1) is 12.4 Å². The number of hydrogen-bond acceptors (Lipinski definition) is 2. The maximum Gasteiger partial charge on any atom is 0.323 e. The number of halogens is 1. The van der Waals surface area contributed by atoms with E-state index < -0.39 is 11.5 Å². The van der Waals surface area contributed by atoms with Crippen molar-refractivity contribution < 1.29 is 9.90 Å². The average Bonchev–Trinajstić information content (AvgIpc) is 2.54. The van der Waals surface area contributed by atoms with Crippen molar-refractivity contribution in [2.75, 3.05) is 0 Å². The van der Waals surface area contributed by atoms with Gasteiger partial charge in [0.15, 0.2) is 0 Å². The number of carboxylic acid groups (broad SMARTS) is 1. The predicted octanol–water partition coefficient (Wildman–Crippen LogP) is 1.40. The van der Waals surface area contributed by atoms with Crippen LogP contribution in [0.2, 0.25) is 0 Å². The normalized spacial score (nSPS) is 42.5. The van der Waals surface area contributed by atoms with Crippen molar-refractivity contribution in [2.45, 2.75) is 37.6 Å². The third-order valence-electron chi connectivity index (χ3n) is 3.65. The minimum atomic E-state index is -0.888. The van der Waals surface area contributed by atoms with E-state index in [0.717, 1.165) is 12.8 Å². The average molecular weight is 206 g/mol. The first-order valence-corrected chi connectivity index (χ1v) is 4.67. The van der Waals surface area contributed by atoms with E-state index in [-0.39, 0.29) is 18.3 Å². The molecule has 3 N–H and O–H groups in total. The summed E-state index contributed by atoms with van der Waals surface area (Å²) < 4.78 is 0. The summed E-state index contributed by atoms with van der Waals surface area (Å²) in [5.41, 5.74) is 5.00. The summed E-state index contributed by atoms with van der Waals surface area (Å²) in [6.45, 7) is 0. The first kappa shape index (κ1) is 10.8. The fourth-order valence-electron chi connectivity index (χ4n) is 2.94.